The van der Waals surface area contributed by atoms with E-state index >= 15 is 0 Å². The first-order valence-corrected chi connectivity index (χ1v) is 4.97. The lowest BCUT2D eigenvalue weighted by molar-refractivity contribution is 0.726. The quantitative estimate of drug-likeness (QED) is 0.845. The van der Waals surface area contributed by atoms with Crippen molar-refractivity contribution >= 4 is 11.6 Å². The molecule has 78 valence electrons. The summed E-state index contributed by atoms with van der Waals surface area (Å²) < 4.78 is 1.68. The summed E-state index contributed by atoms with van der Waals surface area (Å²) in [6.07, 6.45) is 1.64. The highest BCUT2D eigenvalue weighted by Crippen LogP contribution is 2.13. The predicted molar refractivity (Wildman–Crippen MR) is 59.0 cm³/mol. The molecule has 0 aliphatic carbocycles. The maximum Gasteiger partial charge on any atom is 0.167 e. The van der Waals surface area contributed by atoms with Gasteiger partial charge in [0, 0.05) is 5.02 Å². The molecule has 0 radical (unpaired) electrons. The molecule has 0 fully saturated rings. The van der Waals surface area contributed by atoms with E-state index in [1.807, 2.05) is 31.2 Å². The Hall–Kier alpha value is -1.39. The number of benzene rings is 1. The van der Waals surface area contributed by atoms with Gasteiger partial charge in [-0.15, -0.1) is 5.10 Å². The molecule has 1 heterocycles. The second-order valence-electron chi connectivity index (χ2n) is 3.31. The fourth-order valence-corrected chi connectivity index (χ4v) is 1.33. The van der Waals surface area contributed by atoms with Gasteiger partial charge >= 0.3 is 0 Å². The lowest BCUT2D eigenvalue weighted by Crippen LogP contribution is -2.07. The van der Waals surface area contributed by atoms with Crippen LogP contribution in [0.4, 0.5) is 0 Å². The molecule has 0 amide bonds. The second-order valence-corrected chi connectivity index (χ2v) is 3.75. The maximum absolute atomic E-state index is 5.79. The van der Waals surface area contributed by atoms with E-state index in [0.717, 1.165) is 5.69 Å². The van der Waals surface area contributed by atoms with Crippen LogP contribution in [-0.4, -0.2) is 14.8 Å². The van der Waals surface area contributed by atoms with Gasteiger partial charge in [0.25, 0.3) is 0 Å². The van der Waals surface area contributed by atoms with Crippen LogP contribution in [0.25, 0.3) is 5.69 Å². The van der Waals surface area contributed by atoms with E-state index in [-0.39, 0.29) is 6.04 Å². The number of halogens is 1. The SMILES string of the molecule is C[C@H](N)c1ncn(-c2ccc(Cl)cc2)n1. The molecule has 2 aromatic rings. The van der Waals surface area contributed by atoms with Gasteiger partial charge in [0.15, 0.2) is 5.82 Å². The number of hydrogen-bond donors (Lipinski definition) is 1. The van der Waals surface area contributed by atoms with Gasteiger partial charge in [-0.2, -0.15) is 0 Å². The van der Waals surface area contributed by atoms with E-state index < -0.39 is 0 Å². The molecule has 0 bridgehead atoms. The third-order valence-corrected chi connectivity index (χ3v) is 2.26. The van der Waals surface area contributed by atoms with Crippen LogP contribution in [0.3, 0.4) is 0 Å². The van der Waals surface area contributed by atoms with Gasteiger partial charge in [-0.3, -0.25) is 0 Å². The van der Waals surface area contributed by atoms with Crippen molar-refractivity contribution in [1.82, 2.24) is 14.8 Å². The number of aromatic nitrogens is 3. The fourth-order valence-electron chi connectivity index (χ4n) is 1.20. The zero-order valence-electron chi connectivity index (χ0n) is 8.26. The molecule has 0 saturated carbocycles. The average molecular weight is 223 g/mol. The molecule has 2 rings (SSSR count). The summed E-state index contributed by atoms with van der Waals surface area (Å²) in [5.74, 6) is 0.630. The zero-order valence-corrected chi connectivity index (χ0v) is 9.02. The van der Waals surface area contributed by atoms with Crippen molar-refractivity contribution in [3.8, 4) is 5.69 Å². The van der Waals surface area contributed by atoms with Crippen molar-refractivity contribution in [1.29, 1.82) is 0 Å². The van der Waals surface area contributed by atoms with Crippen molar-refractivity contribution < 1.29 is 0 Å². The standard InChI is InChI=1S/C10H11ClN4/c1-7(12)10-13-6-15(14-10)9-4-2-8(11)3-5-9/h2-7H,12H2,1H3/t7-/m0/s1. The van der Waals surface area contributed by atoms with Gasteiger partial charge in [0.1, 0.15) is 6.33 Å². The molecule has 4 nitrogen and oxygen atoms in total. The van der Waals surface area contributed by atoms with Crippen LogP contribution in [0.15, 0.2) is 30.6 Å². The number of hydrogen-bond acceptors (Lipinski definition) is 3. The smallest absolute Gasteiger partial charge is 0.167 e. The third kappa shape index (κ3) is 2.16. The summed E-state index contributed by atoms with van der Waals surface area (Å²) in [5.41, 5.74) is 6.59. The summed E-state index contributed by atoms with van der Waals surface area (Å²) in [4.78, 5) is 4.11. The normalized spacial score (nSPS) is 12.7. The Morgan fingerprint density at radius 2 is 2.00 bits per heavy atom. The van der Waals surface area contributed by atoms with E-state index in [2.05, 4.69) is 10.1 Å². The van der Waals surface area contributed by atoms with Gasteiger partial charge in [0.2, 0.25) is 0 Å². The highest BCUT2D eigenvalue weighted by atomic mass is 35.5. The van der Waals surface area contributed by atoms with Crippen LogP contribution in [0.2, 0.25) is 5.02 Å². The van der Waals surface area contributed by atoms with E-state index in [4.69, 9.17) is 17.3 Å². The van der Waals surface area contributed by atoms with Gasteiger partial charge < -0.3 is 5.73 Å². The van der Waals surface area contributed by atoms with Crippen molar-refractivity contribution in [2.75, 3.05) is 0 Å². The van der Waals surface area contributed by atoms with Crippen LogP contribution in [0, 0.1) is 0 Å². The molecule has 0 unspecified atom stereocenters. The van der Waals surface area contributed by atoms with Crippen molar-refractivity contribution in [3.63, 3.8) is 0 Å². The largest absolute Gasteiger partial charge is 0.321 e. The monoisotopic (exact) mass is 222 g/mol. The maximum atomic E-state index is 5.79. The minimum Gasteiger partial charge on any atom is -0.321 e. The summed E-state index contributed by atoms with van der Waals surface area (Å²) in [6.45, 7) is 1.85. The molecule has 0 aliphatic heterocycles. The van der Waals surface area contributed by atoms with E-state index in [1.54, 1.807) is 11.0 Å². The Morgan fingerprint density at radius 3 is 2.53 bits per heavy atom. The highest BCUT2D eigenvalue weighted by molar-refractivity contribution is 6.30. The van der Waals surface area contributed by atoms with Gasteiger partial charge in [-0.05, 0) is 31.2 Å². The van der Waals surface area contributed by atoms with Crippen LogP contribution in [0.1, 0.15) is 18.8 Å². The Balaban J connectivity index is 2.33. The van der Waals surface area contributed by atoms with Crippen molar-refractivity contribution in [3.05, 3.63) is 41.4 Å². The first kappa shape index (κ1) is 10.1. The minimum absolute atomic E-state index is 0.154. The lowest BCUT2D eigenvalue weighted by Gasteiger charge is -2.00. The van der Waals surface area contributed by atoms with Gasteiger partial charge in [0.05, 0.1) is 11.7 Å². The number of rotatable bonds is 2. The summed E-state index contributed by atoms with van der Waals surface area (Å²) in [7, 11) is 0. The summed E-state index contributed by atoms with van der Waals surface area (Å²) >= 11 is 5.79. The first-order valence-electron chi connectivity index (χ1n) is 4.60. The fraction of sp³-hybridized carbons (Fsp3) is 0.200. The highest BCUT2D eigenvalue weighted by Gasteiger charge is 2.06. The summed E-state index contributed by atoms with van der Waals surface area (Å²) in [5, 5.41) is 4.95. The van der Waals surface area contributed by atoms with Crippen molar-refractivity contribution in [2.45, 2.75) is 13.0 Å². The van der Waals surface area contributed by atoms with Crippen LogP contribution >= 0.6 is 11.6 Å². The van der Waals surface area contributed by atoms with Crippen LogP contribution in [0.5, 0.6) is 0 Å². The molecule has 5 heteroatoms. The molecule has 0 aliphatic rings. The van der Waals surface area contributed by atoms with Crippen LogP contribution < -0.4 is 5.73 Å². The topological polar surface area (TPSA) is 56.7 Å². The molecule has 1 aromatic heterocycles. The molecule has 1 atom stereocenters. The Bertz CT molecular complexity index is 447. The van der Waals surface area contributed by atoms with E-state index in [1.165, 1.54) is 0 Å². The Labute approximate surface area is 92.7 Å². The number of nitrogens with zero attached hydrogens (tertiary/aromatic N) is 3. The Kier molecular flexibility index (Phi) is 2.70. The minimum atomic E-state index is -0.154. The molecule has 0 saturated heterocycles. The van der Waals surface area contributed by atoms with Crippen molar-refractivity contribution in [2.24, 2.45) is 5.73 Å². The summed E-state index contributed by atoms with van der Waals surface area (Å²) in [6, 6.07) is 7.22. The van der Waals surface area contributed by atoms with E-state index in [0.29, 0.717) is 10.8 Å². The van der Waals surface area contributed by atoms with E-state index in [9.17, 15) is 0 Å². The lowest BCUT2D eigenvalue weighted by atomic mass is 10.3. The second kappa shape index (κ2) is 4.00. The van der Waals surface area contributed by atoms with Crippen LogP contribution in [-0.2, 0) is 0 Å². The first-order chi connectivity index (χ1) is 7.16. The molecule has 0 spiro atoms. The molecular formula is C10H11ClN4. The van der Waals surface area contributed by atoms with Gasteiger partial charge in [-0.25, -0.2) is 9.67 Å². The molecule has 2 N–H and O–H groups in total. The molecule has 15 heavy (non-hydrogen) atoms. The number of nitrogens with two attached hydrogens (primary N) is 1. The Morgan fingerprint density at radius 1 is 1.33 bits per heavy atom. The third-order valence-electron chi connectivity index (χ3n) is 2.01. The zero-order chi connectivity index (χ0) is 10.8. The predicted octanol–water partition coefficient (Wildman–Crippen LogP) is 1.94. The molecule has 1 aromatic carbocycles. The molecular weight excluding hydrogens is 212 g/mol. The average Bonchev–Trinajstić information content (AvgIpc) is 2.68. The van der Waals surface area contributed by atoms with Gasteiger partial charge in [-0.1, -0.05) is 11.6 Å².